The first-order valence-corrected chi connectivity index (χ1v) is 7.94. The molecule has 136 valence electrons. The van der Waals surface area contributed by atoms with Gasteiger partial charge in [0.1, 0.15) is 0 Å². The van der Waals surface area contributed by atoms with Crippen LogP contribution in [0.4, 0.5) is 5.69 Å². The van der Waals surface area contributed by atoms with Crippen molar-refractivity contribution in [2.75, 3.05) is 19.5 Å². The lowest BCUT2D eigenvalue weighted by molar-refractivity contribution is -0.115. The van der Waals surface area contributed by atoms with Gasteiger partial charge in [-0.3, -0.25) is 9.59 Å². The molecule has 0 heterocycles. The highest BCUT2D eigenvalue weighted by Crippen LogP contribution is 2.27. The average molecular weight is 355 g/mol. The Morgan fingerprint density at radius 3 is 2.35 bits per heavy atom. The Morgan fingerprint density at radius 1 is 1.00 bits per heavy atom. The molecule has 2 rings (SSSR count). The topological polar surface area (TPSA) is 89.0 Å². The largest absolute Gasteiger partial charge is 0.493 e. The number of hydrogen-bond acceptors (Lipinski definition) is 5. The SMILES string of the molecule is COc1ccc(C(=O)N/N=C(/C)CC(=O)Nc2ccccc2)cc1OC. The van der Waals surface area contributed by atoms with Crippen molar-refractivity contribution in [2.45, 2.75) is 13.3 Å². The minimum Gasteiger partial charge on any atom is -0.493 e. The van der Waals surface area contributed by atoms with Crippen LogP contribution >= 0.6 is 0 Å². The lowest BCUT2D eigenvalue weighted by Crippen LogP contribution is -2.21. The highest BCUT2D eigenvalue weighted by Gasteiger charge is 2.11. The lowest BCUT2D eigenvalue weighted by Gasteiger charge is -2.09. The zero-order valence-corrected chi connectivity index (χ0v) is 14.9. The van der Waals surface area contributed by atoms with Gasteiger partial charge in [-0.05, 0) is 37.3 Å². The molecule has 0 saturated carbocycles. The third-order valence-corrected chi connectivity index (χ3v) is 3.47. The molecule has 26 heavy (non-hydrogen) atoms. The van der Waals surface area contributed by atoms with Crippen LogP contribution in [0.3, 0.4) is 0 Å². The van der Waals surface area contributed by atoms with Gasteiger partial charge in [0.25, 0.3) is 5.91 Å². The number of amides is 2. The fraction of sp³-hybridized carbons (Fsp3) is 0.211. The summed E-state index contributed by atoms with van der Waals surface area (Å²) < 4.78 is 10.3. The Kier molecular flexibility index (Phi) is 6.73. The van der Waals surface area contributed by atoms with Crippen LogP contribution in [-0.2, 0) is 4.79 Å². The minimum absolute atomic E-state index is 0.0705. The number of benzene rings is 2. The Balaban J connectivity index is 1.93. The van der Waals surface area contributed by atoms with E-state index in [9.17, 15) is 9.59 Å². The summed E-state index contributed by atoms with van der Waals surface area (Å²) in [5.74, 6) is 0.357. The molecule has 0 saturated heterocycles. The van der Waals surface area contributed by atoms with Gasteiger partial charge in [-0.15, -0.1) is 0 Å². The Labute approximate surface area is 152 Å². The van der Waals surface area contributed by atoms with E-state index >= 15 is 0 Å². The van der Waals surface area contributed by atoms with Gasteiger partial charge >= 0.3 is 0 Å². The molecule has 7 heteroatoms. The molecule has 0 atom stereocenters. The number of hydrogen-bond donors (Lipinski definition) is 2. The van der Waals surface area contributed by atoms with E-state index in [1.165, 1.54) is 14.2 Å². The van der Waals surface area contributed by atoms with Gasteiger partial charge in [-0.25, -0.2) is 5.43 Å². The highest BCUT2D eigenvalue weighted by molar-refractivity contribution is 6.06. The number of nitrogens with one attached hydrogen (secondary N) is 2. The summed E-state index contributed by atoms with van der Waals surface area (Å²) >= 11 is 0. The number of rotatable bonds is 7. The van der Waals surface area contributed by atoms with Crippen molar-refractivity contribution < 1.29 is 19.1 Å². The monoisotopic (exact) mass is 355 g/mol. The Hall–Kier alpha value is -3.35. The molecule has 7 nitrogen and oxygen atoms in total. The fourth-order valence-electron chi connectivity index (χ4n) is 2.19. The molecule has 0 spiro atoms. The first-order valence-electron chi connectivity index (χ1n) is 7.94. The van der Waals surface area contributed by atoms with Crippen molar-refractivity contribution in [3.63, 3.8) is 0 Å². The number of anilines is 1. The van der Waals surface area contributed by atoms with Crippen molar-refractivity contribution >= 4 is 23.2 Å². The quantitative estimate of drug-likeness (QED) is 0.590. The fourth-order valence-corrected chi connectivity index (χ4v) is 2.19. The second-order valence-corrected chi connectivity index (χ2v) is 5.45. The summed E-state index contributed by atoms with van der Waals surface area (Å²) in [5.41, 5.74) is 3.98. The second-order valence-electron chi connectivity index (χ2n) is 5.45. The molecule has 0 bridgehead atoms. The van der Waals surface area contributed by atoms with E-state index in [-0.39, 0.29) is 12.3 Å². The zero-order chi connectivity index (χ0) is 18.9. The van der Waals surface area contributed by atoms with Gasteiger partial charge in [0.05, 0.1) is 20.6 Å². The molecular formula is C19H21N3O4. The molecule has 0 fully saturated rings. The average Bonchev–Trinajstić information content (AvgIpc) is 2.66. The molecule has 0 aliphatic rings. The van der Waals surface area contributed by atoms with Crippen LogP contribution in [-0.4, -0.2) is 31.7 Å². The van der Waals surface area contributed by atoms with Crippen LogP contribution in [0.5, 0.6) is 11.5 Å². The van der Waals surface area contributed by atoms with E-state index in [2.05, 4.69) is 15.8 Å². The van der Waals surface area contributed by atoms with Crippen LogP contribution in [0, 0.1) is 0 Å². The molecule has 0 aliphatic heterocycles. The van der Waals surface area contributed by atoms with Gasteiger partial charge in [0, 0.05) is 17.0 Å². The van der Waals surface area contributed by atoms with Gasteiger partial charge < -0.3 is 14.8 Å². The van der Waals surface area contributed by atoms with Crippen molar-refractivity contribution in [2.24, 2.45) is 5.10 Å². The molecule has 0 radical (unpaired) electrons. The summed E-state index contributed by atoms with van der Waals surface area (Å²) in [7, 11) is 3.01. The van der Waals surface area contributed by atoms with Crippen molar-refractivity contribution in [1.29, 1.82) is 0 Å². The maximum absolute atomic E-state index is 12.2. The summed E-state index contributed by atoms with van der Waals surface area (Å²) in [4.78, 5) is 24.1. The van der Waals surface area contributed by atoms with E-state index < -0.39 is 5.91 Å². The summed E-state index contributed by atoms with van der Waals surface area (Å²) in [5, 5.41) is 6.72. The predicted octanol–water partition coefficient (Wildman–Crippen LogP) is 2.84. The van der Waals surface area contributed by atoms with Crippen molar-refractivity contribution in [3.8, 4) is 11.5 Å². The van der Waals surface area contributed by atoms with Crippen molar-refractivity contribution in [3.05, 3.63) is 54.1 Å². The number of carbonyl (C=O) groups excluding carboxylic acids is 2. The van der Waals surface area contributed by atoms with Crippen LogP contribution < -0.4 is 20.2 Å². The first kappa shape index (κ1) is 19.0. The first-order chi connectivity index (χ1) is 12.5. The number of nitrogens with zero attached hydrogens (tertiary/aromatic N) is 1. The highest BCUT2D eigenvalue weighted by atomic mass is 16.5. The van der Waals surface area contributed by atoms with E-state index in [0.29, 0.717) is 28.5 Å². The molecular weight excluding hydrogens is 334 g/mol. The number of para-hydroxylation sites is 1. The summed E-state index contributed by atoms with van der Waals surface area (Å²) in [6.45, 7) is 1.67. The van der Waals surface area contributed by atoms with Crippen LogP contribution in [0.25, 0.3) is 0 Å². The van der Waals surface area contributed by atoms with Crippen LogP contribution in [0.15, 0.2) is 53.6 Å². The van der Waals surface area contributed by atoms with Crippen LogP contribution in [0.2, 0.25) is 0 Å². The Bertz CT molecular complexity index is 804. The zero-order valence-electron chi connectivity index (χ0n) is 14.9. The maximum Gasteiger partial charge on any atom is 0.271 e. The number of carbonyl (C=O) groups is 2. The van der Waals surface area contributed by atoms with E-state index in [1.807, 2.05) is 18.2 Å². The smallest absolute Gasteiger partial charge is 0.271 e. The van der Waals surface area contributed by atoms with E-state index in [0.717, 1.165) is 0 Å². The van der Waals surface area contributed by atoms with Gasteiger partial charge in [-0.2, -0.15) is 5.10 Å². The molecule has 2 N–H and O–H groups in total. The van der Waals surface area contributed by atoms with Crippen LogP contribution in [0.1, 0.15) is 23.7 Å². The molecule has 2 amide bonds. The standard InChI is InChI=1S/C19H21N3O4/c1-13(11-18(23)20-15-7-5-4-6-8-15)21-22-19(24)14-9-10-16(25-2)17(12-14)26-3/h4-10,12H,11H2,1-3H3,(H,20,23)(H,22,24)/b21-13-. The number of ether oxygens (including phenoxy) is 2. The lowest BCUT2D eigenvalue weighted by atomic mass is 10.2. The number of methoxy groups -OCH3 is 2. The van der Waals surface area contributed by atoms with Gasteiger partial charge in [0.2, 0.25) is 5.91 Å². The van der Waals surface area contributed by atoms with Gasteiger partial charge in [-0.1, -0.05) is 18.2 Å². The normalized spacial score (nSPS) is 10.8. The van der Waals surface area contributed by atoms with Crippen molar-refractivity contribution in [1.82, 2.24) is 5.43 Å². The summed E-state index contributed by atoms with van der Waals surface area (Å²) in [6, 6.07) is 13.9. The molecule has 2 aromatic rings. The second kappa shape index (κ2) is 9.22. The molecule has 0 aliphatic carbocycles. The van der Waals surface area contributed by atoms with E-state index in [4.69, 9.17) is 9.47 Å². The third-order valence-electron chi connectivity index (χ3n) is 3.47. The minimum atomic E-state index is -0.409. The molecule has 2 aromatic carbocycles. The molecule has 0 unspecified atom stereocenters. The molecule has 0 aromatic heterocycles. The Morgan fingerprint density at radius 2 is 1.69 bits per heavy atom. The van der Waals surface area contributed by atoms with Gasteiger partial charge in [0.15, 0.2) is 11.5 Å². The predicted molar refractivity (Wildman–Crippen MR) is 99.8 cm³/mol. The number of hydrazone groups is 1. The maximum atomic E-state index is 12.2. The third kappa shape index (κ3) is 5.34. The summed E-state index contributed by atoms with van der Waals surface area (Å²) in [6.07, 6.45) is 0.0705. The van der Waals surface area contributed by atoms with E-state index in [1.54, 1.807) is 37.3 Å².